The van der Waals surface area contributed by atoms with Crippen molar-refractivity contribution in [2.45, 2.75) is 20.3 Å². The van der Waals surface area contributed by atoms with E-state index in [9.17, 15) is 9.90 Å². The molecule has 2 aromatic rings. The van der Waals surface area contributed by atoms with Crippen LogP contribution in [-0.2, 0) is 11.2 Å². The molecule has 2 rings (SSSR count). The number of thiocarbonyl (C=S) groups is 1. The number of carboxylic acid groups (broad SMARTS) is 1. The second kappa shape index (κ2) is 7.88. The zero-order valence-corrected chi connectivity index (χ0v) is 15.8. The molecule has 0 atom stereocenters. The minimum absolute atomic E-state index is 0. The number of nitrogens with two attached hydrogens (primary N) is 1. The fraction of sp³-hybridized carbons (Fsp3) is 0.176. The van der Waals surface area contributed by atoms with E-state index in [1.165, 1.54) is 0 Å². The average molecular weight is 321 g/mol. The van der Waals surface area contributed by atoms with Gasteiger partial charge >= 0.3 is 29.6 Å². The second-order valence-electron chi connectivity index (χ2n) is 5.07. The number of aliphatic carboxylic acids is 1. The number of hydrogen-bond acceptors (Lipinski definition) is 4. The molecule has 0 radical (unpaired) electrons. The smallest absolute Gasteiger partial charge is 0.550 e. The summed E-state index contributed by atoms with van der Waals surface area (Å²) < 4.78 is 0. The number of anilines is 1. The number of hydrogen-bond donors (Lipinski definition) is 1. The first-order chi connectivity index (χ1) is 9.90. The molecule has 22 heavy (non-hydrogen) atoms. The van der Waals surface area contributed by atoms with Crippen LogP contribution in [-0.4, -0.2) is 10.8 Å². The van der Waals surface area contributed by atoms with E-state index in [-0.39, 0.29) is 36.0 Å². The summed E-state index contributed by atoms with van der Waals surface area (Å²) in [6.07, 6.45) is -0.213. The first kappa shape index (κ1) is 18.8. The standard InChI is InChI=1S/C17H17NO2S.Na/c1-10-3-6-12(7-4-10)17(21)15-11(2)5-8-13(16(15)18)9-14(19)20;/h3-8H,9,18H2,1-2H3,(H,19,20);/q;+1/p-1. The van der Waals surface area contributed by atoms with Crippen molar-refractivity contribution in [1.82, 2.24) is 0 Å². The van der Waals surface area contributed by atoms with Gasteiger partial charge in [-0.25, -0.2) is 0 Å². The molecule has 5 heteroatoms. The molecule has 0 bridgehead atoms. The zero-order chi connectivity index (χ0) is 15.6. The Morgan fingerprint density at radius 1 is 1.14 bits per heavy atom. The Labute approximate surface area is 157 Å². The number of carboxylic acids is 1. The van der Waals surface area contributed by atoms with Gasteiger partial charge in [0, 0.05) is 23.6 Å². The van der Waals surface area contributed by atoms with E-state index in [0.29, 0.717) is 16.1 Å². The summed E-state index contributed by atoms with van der Waals surface area (Å²) >= 11 is 5.54. The molecule has 0 fully saturated rings. The Morgan fingerprint density at radius 3 is 2.27 bits per heavy atom. The Bertz CT molecular complexity index is 711. The van der Waals surface area contributed by atoms with Gasteiger partial charge in [0.2, 0.25) is 0 Å². The molecule has 108 valence electrons. The first-order valence-electron chi connectivity index (χ1n) is 6.59. The minimum Gasteiger partial charge on any atom is -0.550 e. The van der Waals surface area contributed by atoms with E-state index >= 15 is 0 Å². The zero-order valence-electron chi connectivity index (χ0n) is 13.0. The van der Waals surface area contributed by atoms with Gasteiger partial charge in [0.1, 0.15) is 0 Å². The Balaban J connectivity index is 0.00000242. The number of nitrogen functional groups attached to an aromatic ring is 1. The topological polar surface area (TPSA) is 66.1 Å². The molecule has 0 spiro atoms. The third-order valence-electron chi connectivity index (χ3n) is 3.42. The molecule has 2 N–H and O–H groups in total. The molecule has 0 heterocycles. The molecule has 0 unspecified atom stereocenters. The molecule has 0 aromatic heterocycles. The van der Waals surface area contributed by atoms with E-state index in [1.54, 1.807) is 6.07 Å². The maximum absolute atomic E-state index is 10.8. The predicted octanol–water partition coefficient (Wildman–Crippen LogP) is -1.05. The number of carbonyl (C=O) groups excluding carboxylic acids is 1. The van der Waals surface area contributed by atoms with Crippen molar-refractivity contribution in [3.8, 4) is 0 Å². The molecule has 2 aromatic carbocycles. The fourth-order valence-corrected chi connectivity index (χ4v) is 2.64. The summed E-state index contributed by atoms with van der Waals surface area (Å²) in [5.74, 6) is -1.15. The van der Waals surface area contributed by atoms with E-state index in [1.807, 2.05) is 44.2 Å². The Morgan fingerprint density at radius 2 is 1.73 bits per heavy atom. The van der Waals surface area contributed by atoms with Crippen LogP contribution in [0.4, 0.5) is 5.69 Å². The van der Waals surface area contributed by atoms with Crippen LogP contribution in [0.3, 0.4) is 0 Å². The van der Waals surface area contributed by atoms with Gasteiger partial charge in [-0.05, 0) is 30.5 Å². The predicted molar refractivity (Wildman–Crippen MR) is 86.3 cm³/mol. The van der Waals surface area contributed by atoms with Crippen molar-refractivity contribution in [2.24, 2.45) is 0 Å². The van der Waals surface area contributed by atoms with Crippen LogP contribution in [0, 0.1) is 13.8 Å². The summed E-state index contributed by atoms with van der Waals surface area (Å²) in [5, 5.41) is 10.8. The summed E-state index contributed by atoms with van der Waals surface area (Å²) in [6, 6.07) is 11.4. The third kappa shape index (κ3) is 4.17. The summed E-state index contributed by atoms with van der Waals surface area (Å²) in [4.78, 5) is 11.4. The fourth-order valence-electron chi connectivity index (χ4n) is 2.23. The van der Waals surface area contributed by atoms with Gasteiger partial charge in [-0.1, -0.05) is 54.2 Å². The van der Waals surface area contributed by atoms with Gasteiger partial charge in [-0.3, -0.25) is 0 Å². The summed E-state index contributed by atoms with van der Waals surface area (Å²) in [5.41, 5.74) is 10.8. The van der Waals surface area contributed by atoms with Gasteiger partial charge in [-0.2, -0.15) is 0 Å². The van der Waals surface area contributed by atoms with Crippen LogP contribution in [0.2, 0.25) is 0 Å². The molecule has 0 aliphatic rings. The molecule has 3 nitrogen and oxygen atoms in total. The van der Waals surface area contributed by atoms with Gasteiger partial charge in [0.05, 0.1) is 4.86 Å². The molecular weight excluding hydrogens is 305 g/mol. The van der Waals surface area contributed by atoms with Crippen LogP contribution in [0.5, 0.6) is 0 Å². The number of aryl methyl sites for hydroxylation is 2. The maximum atomic E-state index is 10.8. The average Bonchev–Trinajstić information content (AvgIpc) is 2.42. The van der Waals surface area contributed by atoms with E-state index in [4.69, 9.17) is 18.0 Å². The largest absolute Gasteiger partial charge is 1.00 e. The molecule has 0 saturated heterocycles. The van der Waals surface area contributed by atoms with Crippen LogP contribution in [0.25, 0.3) is 0 Å². The Hall–Kier alpha value is -1.20. The van der Waals surface area contributed by atoms with Crippen LogP contribution < -0.4 is 40.4 Å². The van der Waals surface area contributed by atoms with Gasteiger partial charge in [0.15, 0.2) is 0 Å². The number of benzene rings is 2. The molecule has 0 amide bonds. The van der Waals surface area contributed by atoms with Crippen molar-refractivity contribution >= 4 is 28.7 Å². The van der Waals surface area contributed by atoms with Crippen molar-refractivity contribution in [1.29, 1.82) is 0 Å². The van der Waals surface area contributed by atoms with E-state index in [2.05, 4.69) is 0 Å². The first-order valence-corrected chi connectivity index (χ1v) is 7.00. The van der Waals surface area contributed by atoms with Crippen molar-refractivity contribution in [3.05, 3.63) is 64.2 Å². The Kier molecular flexibility index (Phi) is 6.75. The van der Waals surface area contributed by atoms with Crippen molar-refractivity contribution in [3.63, 3.8) is 0 Å². The molecule has 0 aliphatic heterocycles. The SMILES string of the molecule is Cc1ccc(C(=S)c2c(C)ccc(CC(=O)[O-])c2N)cc1.[Na+]. The van der Waals surface area contributed by atoms with Gasteiger partial charge in [-0.15, -0.1) is 0 Å². The summed E-state index contributed by atoms with van der Waals surface area (Å²) in [6.45, 7) is 3.92. The van der Waals surface area contributed by atoms with Crippen molar-refractivity contribution in [2.75, 3.05) is 5.73 Å². The van der Waals surface area contributed by atoms with Crippen LogP contribution in [0.15, 0.2) is 36.4 Å². The number of rotatable bonds is 4. The second-order valence-corrected chi connectivity index (χ2v) is 5.48. The minimum atomic E-state index is -1.15. The third-order valence-corrected chi connectivity index (χ3v) is 3.86. The normalized spacial score (nSPS) is 9.91. The quantitative estimate of drug-likeness (QED) is 0.338. The van der Waals surface area contributed by atoms with Gasteiger partial charge < -0.3 is 15.6 Å². The monoisotopic (exact) mass is 321 g/mol. The van der Waals surface area contributed by atoms with E-state index < -0.39 is 5.97 Å². The van der Waals surface area contributed by atoms with Gasteiger partial charge in [0.25, 0.3) is 0 Å². The molecular formula is C17H16NNaO2S. The maximum Gasteiger partial charge on any atom is 1.00 e. The molecule has 0 saturated carbocycles. The summed E-state index contributed by atoms with van der Waals surface area (Å²) in [7, 11) is 0. The van der Waals surface area contributed by atoms with Crippen LogP contribution >= 0.6 is 12.2 Å². The van der Waals surface area contributed by atoms with Crippen molar-refractivity contribution < 1.29 is 39.5 Å². The number of carbonyl (C=O) groups is 1. The van der Waals surface area contributed by atoms with E-state index in [0.717, 1.165) is 22.3 Å². The van der Waals surface area contributed by atoms with Crippen LogP contribution in [0.1, 0.15) is 27.8 Å². The molecule has 0 aliphatic carbocycles.